The number of hydrogen-bond donors (Lipinski definition) is 1. The quantitative estimate of drug-likeness (QED) is 0.763. The van der Waals surface area contributed by atoms with Gasteiger partial charge in [0, 0.05) is 17.1 Å². The van der Waals surface area contributed by atoms with Crippen molar-refractivity contribution in [2.45, 2.75) is 46.3 Å². The molecule has 0 amide bonds. The van der Waals surface area contributed by atoms with E-state index in [1.54, 1.807) is 12.1 Å². The lowest BCUT2D eigenvalue weighted by molar-refractivity contribution is 0.00391. The van der Waals surface area contributed by atoms with Crippen molar-refractivity contribution in [3.8, 4) is 0 Å². The molecule has 1 aromatic rings. The Balaban J connectivity index is 2.92. The summed E-state index contributed by atoms with van der Waals surface area (Å²) < 4.78 is 20.3. The average Bonchev–Trinajstić information content (AvgIpc) is 2.39. The van der Waals surface area contributed by atoms with Gasteiger partial charge in [0.15, 0.2) is 0 Å². The number of nitrogens with one attached hydrogen (secondary N) is 1. The van der Waals surface area contributed by atoms with E-state index in [0.29, 0.717) is 12.5 Å². The molecule has 0 fully saturated rings. The minimum absolute atomic E-state index is 0.120. The molecule has 0 heterocycles. The third-order valence-corrected chi connectivity index (χ3v) is 4.10. The molecule has 1 aromatic carbocycles. The largest absolute Gasteiger partial charge is 0.377 e. The summed E-state index contributed by atoms with van der Waals surface area (Å²) in [5, 5.41) is 3.48. The van der Waals surface area contributed by atoms with Crippen LogP contribution in [0.5, 0.6) is 0 Å². The fraction of sp³-hybridized carbons (Fsp3) is 0.625. The van der Waals surface area contributed by atoms with E-state index < -0.39 is 0 Å². The zero-order valence-electron chi connectivity index (χ0n) is 12.7. The first-order chi connectivity index (χ1) is 9.49. The van der Waals surface area contributed by atoms with Crippen LogP contribution in [0.4, 0.5) is 4.39 Å². The van der Waals surface area contributed by atoms with Gasteiger partial charge in [-0.15, -0.1) is 0 Å². The van der Waals surface area contributed by atoms with Gasteiger partial charge in [-0.25, -0.2) is 4.39 Å². The second-order valence-electron chi connectivity index (χ2n) is 5.27. The maximum absolute atomic E-state index is 13.4. The van der Waals surface area contributed by atoms with Crippen LogP contribution in [0.15, 0.2) is 22.7 Å². The molecule has 2 unspecified atom stereocenters. The molecule has 0 saturated heterocycles. The zero-order chi connectivity index (χ0) is 15.1. The van der Waals surface area contributed by atoms with E-state index in [9.17, 15) is 4.39 Å². The molecule has 0 saturated carbocycles. The number of ether oxygens (including phenoxy) is 1. The van der Waals surface area contributed by atoms with Gasteiger partial charge in [0.2, 0.25) is 0 Å². The number of benzene rings is 1. The van der Waals surface area contributed by atoms with Gasteiger partial charge in [-0.3, -0.25) is 0 Å². The molecule has 0 aromatic heterocycles. The van der Waals surface area contributed by atoms with Crippen molar-refractivity contribution in [3.05, 3.63) is 34.1 Å². The summed E-state index contributed by atoms with van der Waals surface area (Å²) in [5.74, 6) is 0.210. The molecule has 20 heavy (non-hydrogen) atoms. The van der Waals surface area contributed by atoms with Crippen molar-refractivity contribution in [3.63, 3.8) is 0 Å². The average molecular weight is 346 g/mol. The van der Waals surface area contributed by atoms with Gasteiger partial charge >= 0.3 is 0 Å². The second kappa shape index (κ2) is 8.75. The first kappa shape index (κ1) is 17.6. The maximum Gasteiger partial charge on any atom is 0.123 e. The van der Waals surface area contributed by atoms with Gasteiger partial charge in [-0.2, -0.15) is 0 Å². The highest BCUT2D eigenvalue weighted by molar-refractivity contribution is 9.10. The molecular weight excluding hydrogens is 321 g/mol. The van der Waals surface area contributed by atoms with Crippen LogP contribution < -0.4 is 5.32 Å². The molecule has 0 bridgehead atoms. The topological polar surface area (TPSA) is 21.3 Å². The predicted octanol–water partition coefficient (Wildman–Crippen LogP) is 4.17. The number of hydrogen-bond acceptors (Lipinski definition) is 2. The Morgan fingerprint density at radius 2 is 2.00 bits per heavy atom. The van der Waals surface area contributed by atoms with E-state index in [4.69, 9.17) is 4.74 Å². The van der Waals surface area contributed by atoms with E-state index in [-0.39, 0.29) is 18.0 Å². The molecule has 0 aliphatic carbocycles. The fourth-order valence-corrected chi connectivity index (χ4v) is 2.88. The Morgan fingerprint density at radius 3 is 2.55 bits per heavy atom. The molecule has 0 spiro atoms. The Labute approximate surface area is 130 Å². The van der Waals surface area contributed by atoms with Crippen molar-refractivity contribution in [2.24, 2.45) is 5.92 Å². The molecular formula is C16H25BrFNO. The van der Waals surface area contributed by atoms with Gasteiger partial charge < -0.3 is 10.1 Å². The molecule has 2 nitrogen and oxygen atoms in total. The molecule has 1 N–H and O–H groups in total. The fourth-order valence-electron chi connectivity index (χ4n) is 2.47. The van der Waals surface area contributed by atoms with Gasteiger partial charge in [0.1, 0.15) is 5.82 Å². The molecule has 2 atom stereocenters. The van der Waals surface area contributed by atoms with E-state index in [2.05, 4.69) is 42.0 Å². The van der Waals surface area contributed by atoms with Crippen LogP contribution in [-0.4, -0.2) is 25.3 Å². The lowest BCUT2D eigenvalue weighted by Gasteiger charge is -2.31. The highest BCUT2D eigenvalue weighted by Gasteiger charge is 2.25. The summed E-state index contributed by atoms with van der Waals surface area (Å²) in [5.41, 5.74) is 0.973. The summed E-state index contributed by atoms with van der Waals surface area (Å²) in [6.07, 6.45) is 0.866. The zero-order valence-corrected chi connectivity index (χ0v) is 14.3. The Hall–Kier alpha value is -0.450. The van der Waals surface area contributed by atoms with Crippen molar-refractivity contribution < 1.29 is 9.13 Å². The van der Waals surface area contributed by atoms with Crippen molar-refractivity contribution in [1.29, 1.82) is 0 Å². The van der Waals surface area contributed by atoms with Crippen molar-refractivity contribution in [2.75, 3.05) is 13.2 Å². The highest BCUT2D eigenvalue weighted by atomic mass is 79.9. The van der Waals surface area contributed by atoms with Crippen LogP contribution in [-0.2, 0) is 11.2 Å². The van der Waals surface area contributed by atoms with Gasteiger partial charge in [-0.05, 0) is 49.6 Å². The molecule has 114 valence electrons. The normalized spacial score (nSPS) is 14.6. The van der Waals surface area contributed by atoms with Crippen LogP contribution in [0.3, 0.4) is 0 Å². The van der Waals surface area contributed by atoms with Crippen molar-refractivity contribution in [1.82, 2.24) is 5.32 Å². The second-order valence-corrected chi connectivity index (χ2v) is 6.12. The summed E-state index contributed by atoms with van der Waals surface area (Å²) >= 11 is 3.50. The lowest BCUT2D eigenvalue weighted by Crippen LogP contribution is -2.45. The van der Waals surface area contributed by atoms with Crippen LogP contribution in [0.25, 0.3) is 0 Å². The van der Waals surface area contributed by atoms with E-state index >= 15 is 0 Å². The van der Waals surface area contributed by atoms with E-state index in [0.717, 1.165) is 23.0 Å². The number of likely N-dealkylation sites (N-methyl/N-ethyl adjacent to an activating group) is 1. The monoisotopic (exact) mass is 345 g/mol. The Kier molecular flexibility index (Phi) is 7.70. The Morgan fingerprint density at radius 1 is 1.30 bits per heavy atom. The summed E-state index contributed by atoms with van der Waals surface area (Å²) in [6.45, 7) is 9.97. The molecule has 0 radical (unpaired) electrons. The first-order valence-electron chi connectivity index (χ1n) is 7.28. The van der Waals surface area contributed by atoms with Gasteiger partial charge in [0.25, 0.3) is 0 Å². The van der Waals surface area contributed by atoms with Gasteiger partial charge in [0.05, 0.1) is 6.10 Å². The summed E-state index contributed by atoms with van der Waals surface area (Å²) in [4.78, 5) is 0. The summed E-state index contributed by atoms with van der Waals surface area (Å²) in [7, 11) is 0. The number of halogens is 2. The predicted molar refractivity (Wildman–Crippen MR) is 85.5 cm³/mol. The Bertz CT molecular complexity index is 411. The van der Waals surface area contributed by atoms with E-state index in [1.165, 1.54) is 6.07 Å². The smallest absolute Gasteiger partial charge is 0.123 e. The van der Waals surface area contributed by atoms with Crippen LogP contribution in [0.1, 0.15) is 33.3 Å². The SMILES string of the molecule is CCNC(Cc1cc(F)ccc1Br)C(OCC)C(C)C. The molecule has 4 heteroatoms. The lowest BCUT2D eigenvalue weighted by atomic mass is 9.93. The standard InChI is InChI=1S/C16H25BrFNO/c1-5-19-15(16(11(3)4)20-6-2)10-12-9-13(18)7-8-14(12)17/h7-9,11,15-16,19H,5-6,10H2,1-4H3. The third kappa shape index (κ3) is 5.15. The first-order valence-corrected chi connectivity index (χ1v) is 8.07. The van der Waals surface area contributed by atoms with Gasteiger partial charge in [-0.1, -0.05) is 36.7 Å². The minimum atomic E-state index is -0.198. The van der Waals surface area contributed by atoms with Crippen molar-refractivity contribution >= 4 is 15.9 Å². The molecule has 0 aliphatic heterocycles. The van der Waals surface area contributed by atoms with E-state index in [1.807, 2.05) is 6.92 Å². The summed E-state index contributed by atoms with van der Waals surface area (Å²) in [6, 6.07) is 5.01. The molecule has 0 aliphatic rings. The van der Waals surface area contributed by atoms with Crippen LogP contribution >= 0.6 is 15.9 Å². The molecule has 1 rings (SSSR count). The third-order valence-electron chi connectivity index (χ3n) is 3.33. The maximum atomic E-state index is 13.4. The van der Waals surface area contributed by atoms with Crippen LogP contribution in [0, 0.1) is 11.7 Å². The number of rotatable bonds is 8. The minimum Gasteiger partial charge on any atom is -0.377 e. The van der Waals surface area contributed by atoms with Crippen LogP contribution in [0.2, 0.25) is 0 Å². The highest BCUT2D eigenvalue weighted by Crippen LogP contribution is 2.22.